The number of carboxylic acids is 1. The molecule has 0 aromatic heterocycles. The summed E-state index contributed by atoms with van der Waals surface area (Å²) in [4.78, 5) is 13.0. The van der Waals surface area contributed by atoms with Crippen molar-refractivity contribution in [3.63, 3.8) is 0 Å². The summed E-state index contributed by atoms with van der Waals surface area (Å²) in [6.45, 7) is 6.28. The Morgan fingerprint density at radius 1 is 1.44 bits per heavy atom. The highest BCUT2D eigenvalue weighted by atomic mass is 35.5. The molecule has 1 N–H and O–H groups in total. The van der Waals surface area contributed by atoms with Gasteiger partial charge in [0.05, 0.1) is 0 Å². The summed E-state index contributed by atoms with van der Waals surface area (Å²) in [5.74, 6) is -0.442. The molecule has 0 fully saturated rings. The first kappa shape index (κ1) is 14.8. The van der Waals surface area contributed by atoms with Gasteiger partial charge in [-0.05, 0) is 30.5 Å². The molecule has 0 aliphatic heterocycles. The number of halogens is 1. The molecular formula is C14H20ClNO2. The Kier molecular flexibility index (Phi) is 5.48. The summed E-state index contributed by atoms with van der Waals surface area (Å²) in [7, 11) is 0. The molecule has 1 aromatic carbocycles. The second-order valence-electron chi connectivity index (χ2n) is 4.72. The van der Waals surface area contributed by atoms with Crippen LogP contribution >= 0.6 is 11.6 Å². The van der Waals surface area contributed by atoms with Crippen molar-refractivity contribution in [3.8, 4) is 0 Å². The van der Waals surface area contributed by atoms with E-state index in [0.29, 0.717) is 10.9 Å². The maximum absolute atomic E-state index is 11.0. The van der Waals surface area contributed by atoms with Crippen molar-refractivity contribution in [2.24, 2.45) is 5.92 Å². The maximum Gasteiger partial charge on any atom is 0.323 e. The highest BCUT2D eigenvalue weighted by Gasteiger charge is 2.22. The number of carbonyl (C=O) groups is 1. The second-order valence-corrected chi connectivity index (χ2v) is 5.16. The molecule has 0 saturated heterocycles. The van der Waals surface area contributed by atoms with E-state index in [1.807, 2.05) is 23.1 Å². The smallest absolute Gasteiger partial charge is 0.323 e. The Hall–Kier alpha value is -1.22. The molecule has 1 rings (SSSR count). The van der Waals surface area contributed by atoms with Crippen molar-refractivity contribution in [2.45, 2.75) is 33.2 Å². The van der Waals surface area contributed by atoms with Gasteiger partial charge < -0.3 is 10.0 Å². The number of benzene rings is 1. The summed E-state index contributed by atoms with van der Waals surface area (Å²) >= 11 is 5.98. The van der Waals surface area contributed by atoms with Gasteiger partial charge in [-0.2, -0.15) is 0 Å². The third-order valence-corrected chi connectivity index (χ3v) is 3.27. The largest absolute Gasteiger partial charge is 0.480 e. The molecule has 1 atom stereocenters. The van der Waals surface area contributed by atoms with Gasteiger partial charge in [-0.1, -0.05) is 38.4 Å². The predicted octanol–water partition coefficient (Wildman–Crippen LogP) is 3.67. The molecule has 0 amide bonds. The normalized spacial score (nSPS) is 12.5. The highest BCUT2D eigenvalue weighted by Crippen LogP contribution is 2.25. The minimum atomic E-state index is -0.825. The van der Waals surface area contributed by atoms with E-state index in [1.165, 1.54) is 0 Å². The Morgan fingerprint density at radius 2 is 2.11 bits per heavy atom. The highest BCUT2D eigenvalue weighted by molar-refractivity contribution is 6.30. The zero-order valence-electron chi connectivity index (χ0n) is 11.1. The third-order valence-electron chi connectivity index (χ3n) is 3.03. The van der Waals surface area contributed by atoms with Crippen molar-refractivity contribution >= 4 is 23.3 Å². The summed E-state index contributed by atoms with van der Waals surface area (Å²) < 4.78 is 0. The lowest BCUT2D eigenvalue weighted by Gasteiger charge is -2.34. The van der Waals surface area contributed by atoms with E-state index >= 15 is 0 Å². The van der Waals surface area contributed by atoms with E-state index < -0.39 is 5.97 Å². The molecule has 0 radical (unpaired) electrons. The maximum atomic E-state index is 11.0. The van der Waals surface area contributed by atoms with Crippen molar-refractivity contribution in [1.29, 1.82) is 0 Å². The van der Waals surface area contributed by atoms with Crippen molar-refractivity contribution in [1.82, 2.24) is 0 Å². The van der Waals surface area contributed by atoms with Crippen molar-refractivity contribution < 1.29 is 9.90 Å². The lowest BCUT2D eigenvalue weighted by molar-refractivity contribution is -0.135. The molecule has 100 valence electrons. The fourth-order valence-electron chi connectivity index (χ4n) is 2.25. The quantitative estimate of drug-likeness (QED) is 0.857. The zero-order chi connectivity index (χ0) is 13.7. The number of nitrogens with zero attached hydrogens (tertiary/aromatic N) is 1. The van der Waals surface area contributed by atoms with E-state index in [9.17, 15) is 4.79 Å². The van der Waals surface area contributed by atoms with Crippen molar-refractivity contribution in [3.05, 3.63) is 29.3 Å². The first-order valence-corrected chi connectivity index (χ1v) is 6.57. The van der Waals surface area contributed by atoms with Gasteiger partial charge in [-0.25, -0.2) is 0 Å². The molecule has 4 heteroatoms. The van der Waals surface area contributed by atoms with Gasteiger partial charge in [0, 0.05) is 16.8 Å². The summed E-state index contributed by atoms with van der Waals surface area (Å²) in [6.07, 6.45) is 0.900. The van der Waals surface area contributed by atoms with E-state index in [0.717, 1.165) is 12.1 Å². The van der Waals surface area contributed by atoms with Crippen LogP contribution in [0.3, 0.4) is 0 Å². The van der Waals surface area contributed by atoms with E-state index in [1.54, 1.807) is 6.07 Å². The lowest BCUT2D eigenvalue weighted by Crippen LogP contribution is -2.42. The van der Waals surface area contributed by atoms with Crippen LogP contribution in [0.25, 0.3) is 0 Å². The molecule has 0 bridgehead atoms. The molecule has 0 saturated carbocycles. The topological polar surface area (TPSA) is 40.5 Å². The van der Waals surface area contributed by atoms with Crippen LogP contribution in [-0.4, -0.2) is 23.7 Å². The Bertz CT molecular complexity index is 407. The molecule has 0 spiro atoms. The summed E-state index contributed by atoms with van der Waals surface area (Å²) in [5, 5.41) is 9.69. The SMILES string of the molecule is CCC(C(C)C)N(CC(=O)O)c1cccc(Cl)c1. The summed E-state index contributed by atoms with van der Waals surface area (Å²) in [5.41, 5.74) is 0.866. The van der Waals surface area contributed by atoms with E-state index in [-0.39, 0.29) is 12.6 Å². The average Bonchev–Trinajstić information content (AvgIpc) is 2.27. The molecule has 1 aromatic rings. The number of aliphatic carboxylic acids is 1. The Balaban J connectivity index is 3.07. The molecule has 3 nitrogen and oxygen atoms in total. The minimum Gasteiger partial charge on any atom is -0.480 e. The second kappa shape index (κ2) is 6.64. The average molecular weight is 270 g/mol. The number of hydrogen-bond donors (Lipinski definition) is 1. The van der Waals surface area contributed by atoms with Gasteiger partial charge in [0.2, 0.25) is 0 Å². The van der Waals surface area contributed by atoms with E-state index in [4.69, 9.17) is 16.7 Å². The molecule has 18 heavy (non-hydrogen) atoms. The van der Waals surface area contributed by atoms with Gasteiger partial charge in [0.25, 0.3) is 0 Å². The molecule has 0 heterocycles. The van der Waals surface area contributed by atoms with E-state index in [2.05, 4.69) is 20.8 Å². The van der Waals surface area contributed by atoms with Gasteiger partial charge in [0.1, 0.15) is 6.54 Å². The zero-order valence-corrected chi connectivity index (χ0v) is 11.8. The number of hydrogen-bond acceptors (Lipinski definition) is 2. The van der Waals surface area contributed by atoms with Crippen LogP contribution in [0, 0.1) is 5.92 Å². The minimum absolute atomic E-state index is 0.00295. The third kappa shape index (κ3) is 3.91. The van der Waals surface area contributed by atoms with Crippen molar-refractivity contribution in [2.75, 3.05) is 11.4 Å². The number of carboxylic acid groups (broad SMARTS) is 1. The molecular weight excluding hydrogens is 250 g/mol. The first-order chi connectivity index (χ1) is 8.45. The summed E-state index contributed by atoms with van der Waals surface area (Å²) in [6, 6.07) is 7.55. The number of rotatable bonds is 6. The fraction of sp³-hybridized carbons (Fsp3) is 0.500. The van der Waals surface area contributed by atoms with Crippen LogP contribution in [0.1, 0.15) is 27.2 Å². The van der Waals surface area contributed by atoms with Gasteiger partial charge in [-0.15, -0.1) is 0 Å². The van der Waals surface area contributed by atoms with Crippen LogP contribution in [-0.2, 0) is 4.79 Å². The molecule has 0 aliphatic rings. The van der Waals surface area contributed by atoms with Gasteiger partial charge >= 0.3 is 5.97 Å². The predicted molar refractivity (Wildman–Crippen MR) is 75.4 cm³/mol. The first-order valence-electron chi connectivity index (χ1n) is 6.19. The monoisotopic (exact) mass is 269 g/mol. The van der Waals surface area contributed by atoms with Crippen LogP contribution in [0.5, 0.6) is 0 Å². The number of anilines is 1. The van der Waals surface area contributed by atoms with Crippen LogP contribution < -0.4 is 4.90 Å². The Labute approximate surface area is 113 Å². The van der Waals surface area contributed by atoms with Crippen LogP contribution in [0.15, 0.2) is 24.3 Å². The fourth-order valence-corrected chi connectivity index (χ4v) is 2.44. The molecule has 1 unspecified atom stereocenters. The molecule has 0 aliphatic carbocycles. The van der Waals surface area contributed by atoms with Gasteiger partial charge in [0.15, 0.2) is 0 Å². The van der Waals surface area contributed by atoms with Crippen LogP contribution in [0.2, 0.25) is 5.02 Å². The standard InChI is InChI=1S/C14H20ClNO2/c1-4-13(10(2)3)16(9-14(17)18)12-7-5-6-11(15)8-12/h5-8,10,13H,4,9H2,1-3H3,(H,17,18). The lowest BCUT2D eigenvalue weighted by atomic mass is 9.99. The Morgan fingerprint density at radius 3 is 2.56 bits per heavy atom. The van der Waals surface area contributed by atoms with Gasteiger partial charge in [-0.3, -0.25) is 4.79 Å². The van der Waals surface area contributed by atoms with Crippen LogP contribution in [0.4, 0.5) is 5.69 Å².